The summed E-state index contributed by atoms with van der Waals surface area (Å²) in [5.41, 5.74) is 3.12. The number of hydrogen-bond donors (Lipinski definition) is 2. The molecule has 0 aliphatic rings. The number of aromatic nitrogens is 2. The minimum absolute atomic E-state index is 0.0833. The summed E-state index contributed by atoms with van der Waals surface area (Å²) in [6.45, 7) is -0.227. The van der Waals surface area contributed by atoms with Crippen LogP contribution >= 0.6 is 0 Å². The van der Waals surface area contributed by atoms with Gasteiger partial charge in [0.25, 0.3) is 0 Å². The maximum absolute atomic E-state index is 12.8. The van der Waals surface area contributed by atoms with Gasteiger partial charge in [-0.15, -0.1) is 0 Å². The molecule has 0 radical (unpaired) electrons. The highest BCUT2D eigenvalue weighted by molar-refractivity contribution is 5.82. The fraction of sp³-hybridized carbons (Fsp3) is 0.200. The number of alkyl halides is 3. The number of halogens is 3. The SMILES string of the molecule is O=C(NC(COc1ccc2c(cnn2-c2cccc(CO)c2)c1)Cc1ccccc1)C(F)(F)F. The zero-order valence-corrected chi connectivity index (χ0v) is 18.0. The number of nitrogens with zero attached hydrogens (tertiary/aromatic N) is 2. The second-order valence-electron chi connectivity index (χ2n) is 7.77. The monoisotopic (exact) mass is 469 g/mol. The number of ether oxygens (including phenoxy) is 1. The van der Waals surface area contributed by atoms with Crippen LogP contribution in [0.4, 0.5) is 13.2 Å². The minimum atomic E-state index is -4.98. The van der Waals surface area contributed by atoms with Crippen molar-refractivity contribution >= 4 is 16.8 Å². The van der Waals surface area contributed by atoms with Gasteiger partial charge in [0.1, 0.15) is 12.4 Å². The Kier molecular flexibility index (Phi) is 6.83. The first-order valence-corrected chi connectivity index (χ1v) is 10.6. The zero-order valence-electron chi connectivity index (χ0n) is 18.0. The van der Waals surface area contributed by atoms with E-state index in [0.717, 1.165) is 27.7 Å². The number of amides is 1. The van der Waals surface area contributed by atoms with E-state index in [4.69, 9.17) is 4.74 Å². The van der Waals surface area contributed by atoms with Gasteiger partial charge in [0.15, 0.2) is 0 Å². The predicted octanol–water partition coefficient (Wildman–Crippen LogP) is 4.19. The van der Waals surface area contributed by atoms with Gasteiger partial charge in [-0.25, -0.2) is 4.68 Å². The summed E-state index contributed by atoms with van der Waals surface area (Å²) in [4.78, 5) is 11.5. The van der Waals surface area contributed by atoms with Gasteiger partial charge in [-0.1, -0.05) is 42.5 Å². The van der Waals surface area contributed by atoms with Crippen LogP contribution in [-0.4, -0.2) is 39.6 Å². The summed E-state index contributed by atoms with van der Waals surface area (Å²) in [6, 6.07) is 20.6. The Morgan fingerprint density at radius 2 is 1.79 bits per heavy atom. The molecule has 176 valence electrons. The highest BCUT2D eigenvalue weighted by atomic mass is 19.4. The maximum Gasteiger partial charge on any atom is 0.471 e. The molecule has 0 bridgehead atoms. The van der Waals surface area contributed by atoms with Crippen molar-refractivity contribution in [3.05, 3.63) is 90.1 Å². The van der Waals surface area contributed by atoms with Gasteiger partial charge >= 0.3 is 12.1 Å². The van der Waals surface area contributed by atoms with E-state index in [-0.39, 0.29) is 19.6 Å². The summed E-state index contributed by atoms with van der Waals surface area (Å²) < 4.78 is 45.9. The van der Waals surface area contributed by atoms with Gasteiger partial charge in [0, 0.05) is 5.39 Å². The standard InChI is InChI=1S/C25H22F3N3O3/c26-25(27,28)24(33)30-20(11-17-5-2-1-3-6-17)16-34-22-9-10-23-19(13-22)14-29-31(23)21-8-4-7-18(12-21)15-32/h1-10,12-14,20,32H,11,15-16H2,(H,30,33). The Labute approximate surface area is 193 Å². The molecule has 4 aromatic rings. The Bertz CT molecular complexity index is 1270. The van der Waals surface area contributed by atoms with Crippen LogP contribution in [0.25, 0.3) is 16.6 Å². The first kappa shape index (κ1) is 23.3. The highest BCUT2D eigenvalue weighted by Gasteiger charge is 2.39. The lowest BCUT2D eigenvalue weighted by Gasteiger charge is -2.20. The predicted molar refractivity (Wildman–Crippen MR) is 121 cm³/mol. The molecule has 0 spiro atoms. The third-order valence-electron chi connectivity index (χ3n) is 5.25. The molecule has 34 heavy (non-hydrogen) atoms. The van der Waals surface area contributed by atoms with Crippen LogP contribution in [0, 0.1) is 0 Å². The molecule has 0 fully saturated rings. The topological polar surface area (TPSA) is 76.4 Å². The number of carbonyl (C=O) groups is 1. The molecule has 3 aromatic carbocycles. The number of benzene rings is 3. The lowest BCUT2D eigenvalue weighted by molar-refractivity contribution is -0.174. The van der Waals surface area contributed by atoms with Gasteiger partial charge < -0.3 is 15.2 Å². The van der Waals surface area contributed by atoms with Crippen molar-refractivity contribution in [3.63, 3.8) is 0 Å². The van der Waals surface area contributed by atoms with Gasteiger partial charge in [-0.05, 0) is 47.9 Å². The molecule has 2 N–H and O–H groups in total. The fourth-order valence-corrected chi connectivity index (χ4v) is 3.61. The van der Waals surface area contributed by atoms with Crippen molar-refractivity contribution in [2.24, 2.45) is 0 Å². The van der Waals surface area contributed by atoms with Crippen molar-refractivity contribution in [3.8, 4) is 11.4 Å². The van der Waals surface area contributed by atoms with Gasteiger partial charge in [0.05, 0.1) is 30.0 Å². The normalized spacial score (nSPS) is 12.5. The fourth-order valence-electron chi connectivity index (χ4n) is 3.61. The largest absolute Gasteiger partial charge is 0.491 e. The Hall–Kier alpha value is -3.85. The second-order valence-corrected chi connectivity index (χ2v) is 7.77. The third kappa shape index (κ3) is 5.55. The van der Waals surface area contributed by atoms with Crippen molar-refractivity contribution in [2.45, 2.75) is 25.2 Å². The lowest BCUT2D eigenvalue weighted by atomic mass is 10.1. The first-order chi connectivity index (χ1) is 16.3. The van der Waals surface area contributed by atoms with Crippen LogP contribution in [0.2, 0.25) is 0 Å². The number of carbonyl (C=O) groups excluding carboxylic acids is 1. The molecule has 1 atom stereocenters. The first-order valence-electron chi connectivity index (χ1n) is 10.6. The average molecular weight is 469 g/mol. The Morgan fingerprint density at radius 1 is 1.03 bits per heavy atom. The minimum Gasteiger partial charge on any atom is -0.491 e. The Balaban J connectivity index is 1.51. The second kappa shape index (κ2) is 9.96. The number of aliphatic hydroxyl groups excluding tert-OH is 1. The van der Waals surface area contributed by atoms with Gasteiger partial charge in [0.2, 0.25) is 0 Å². The van der Waals surface area contributed by atoms with Crippen LogP contribution in [0.1, 0.15) is 11.1 Å². The summed E-state index contributed by atoms with van der Waals surface area (Å²) in [5.74, 6) is -1.56. The van der Waals surface area contributed by atoms with Crippen molar-refractivity contribution in [1.82, 2.24) is 15.1 Å². The van der Waals surface area contributed by atoms with Crippen LogP contribution < -0.4 is 10.1 Å². The highest BCUT2D eigenvalue weighted by Crippen LogP contribution is 2.24. The van der Waals surface area contributed by atoms with E-state index in [1.807, 2.05) is 29.6 Å². The average Bonchev–Trinajstić information content (AvgIpc) is 3.26. The van der Waals surface area contributed by atoms with Crippen molar-refractivity contribution in [2.75, 3.05) is 6.61 Å². The maximum atomic E-state index is 12.8. The molecular formula is C25H22F3N3O3. The van der Waals surface area contributed by atoms with E-state index < -0.39 is 18.1 Å². The van der Waals surface area contributed by atoms with E-state index in [2.05, 4.69) is 5.10 Å². The number of nitrogens with one attached hydrogen (secondary N) is 1. The molecule has 4 rings (SSSR count). The molecular weight excluding hydrogens is 447 g/mol. The van der Waals surface area contributed by atoms with Crippen LogP contribution in [0.15, 0.2) is 79.0 Å². The third-order valence-corrected chi connectivity index (χ3v) is 5.25. The van der Waals surface area contributed by atoms with Gasteiger partial charge in [-0.2, -0.15) is 18.3 Å². The summed E-state index contributed by atoms with van der Waals surface area (Å²) in [7, 11) is 0. The smallest absolute Gasteiger partial charge is 0.471 e. The zero-order chi connectivity index (χ0) is 24.1. The van der Waals surface area contributed by atoms with Gasteiger partial charge in [-0.3, -0.25) is 4.79 Å². The van der Waals surface area contributed by atoms with Crippen LogP contribution in [0.3, 0.4) is 0 Å². The Morgan fingerprint density at radius 3 is 2.53 bits per heavy atom. The molecule has 6 nitrogen and oxygen atoms in total. The number of fused-ring (bicyclic) bond motifs is 1. The van der Waals surface area contributed by atoms with E-state index in [1.54, 1.807) is 59.4 Å². The molecule has 1 amide bonds. The van der Waals surface area contributed by atoms with E-state index in [0.29, 0.717) is 5.75 Å². The molecule has 1 heterocycles. The summed E-state index contributed by atoms with van der Waals surface area (Å²) in [6.07, 6.45) is -3.14. The van der Waals surface area contributed by atoms with E-state index in [1.165, 1.54) is 0 Å². The number of aliphatic hydroxyl groups is 1. The molecule has 1 aromatic heterocycles. The number of rotatable bonds is 8. The molecule has 0 saturated heterocycles. The van der Waals surface area contributed by atoms with E-state index in [9.17, 15) is 23.1 Å². The van der Waals surface area contributed by atoms with Crippen molar-refractivity contribution < 1.29 is 27.8 Å². The number of hydrogen-bond acceptors (Lipinski definition) is 4. The molecule has 1 unspecified atom stereocenters. The van der Waals surface area contributed by atoms with Crippen LogP contribution in [-0.2, 0) is 17.8 Å². The molecule has 9 heteroatoms. The molecule has 0 aliphatic carbocycles. The molecule has 0 saturated carbocycles. The summed E-state index contributed by atoms with van der Waals surface area (Å²) in [5, 5.41) is 16.6. The van der Waals surface area contributed by atoms with E-state index >= 15 is 0 Å². The van der Waals surface area contributed by atoms with Crippen LogP contribution in [0.5, 0.6) is 5.75 Å². The quantitative estimate of drug-likeness (QED) is 0.406. The summed E-state index contributed by atoms with van der Waals surface area (Å²) >= 11 is 0. The lowest BCUT2D eigenvalue weighted by Crippen LogP contribution is -2.46. The molecule has 0 aliphatic heterocycles. The van der Waals surface area contributed by atoms with Crippen molar-refractivity contribution in [1.29, 1.82) is 0 Å².